The van der Waals surface area contributed by atoms with E-state index in [2.05, 4.69) is 10.6 Å². The molecule has 0 radical (unpaired) electrons. The van der Waals surface area contributed by atoms with Crippen molar-refractivity contribution in [2.45, 2.75) is 91.3 Å². The number of nitrogens with zero attached hydrogens (tertiary/aromatic N) is 1. The number of anilines is 1. The number of benzene rings is 2. The Kier molecular flexibility index (Phi) is 12.6. The first-order chi connectivity index (χ1) is 19.2. The van der Waals surface area contributed by atoms with Crippen molar-refractivity contribution in [1.29, 1.82) is 0 Å². The van der Waals surface area contributed by atoms with E-state index in [9.17, 15) is 19.2 Å². The van der Waals surface area contributed by atoms with E-state index < -0.39 is 41.5 Å². The zero-order valence-electron chi connectivity index (χ0n) is 24.9. The Balaban J connectivity index is 2.58. The summed E-state index contributed by atoms with van der Waals surface area (Å²) < 4.78 is 5.38. The molecule has 0 saturated carbocycles. The first kappa shape index (κ1) is 33.6. The molecule has 0 aromatic heterocycles. The largest absolute Gasteiger partial charge is 0.444 e. The second-order valence-corrected chi connectivity index (χ2v) is 11.6. The van der Waals surface area contributed by atoms with Gasteiger partial charge in [-0.2, -0.15) is 0 Å². The number of carbonyl (C=O) groups is 4. The van der Waals surface area contributed by atoms with E-state index in [0.29, 0.717) is 22.7 Å². The van der Waals surface area contributed by atoms with Gasteiger partial charge in [0.15, 0.2) is 0 Å². The Bertz CT molecular complexity index is 1190. The highest BCUT2D eigenvalue weighted by Gasteiger charge is 2.36. The average molecular weight is 587 g/mol. The smallest absolute Gasteiger partial charge is 0.408 e. The number of alkyl carbamates (subject to hydrolysis) is 1. The summed E-state index contributed by atoms with van der Waals surface area (Å²) in [5.41, 5.74) is 7.39. The number of ether oxygens (including phenoxy) is 1. The fourth-order valence-corrected chi connectivity index (χ4v) is 4.57. The van der Waals surface area contributed by atoms with Crippen LogP contribution in [0.15, 0.2) is 42.5 Å². The normalized spacial score (nSPS) is 12.7. The maximum absolute atomic E-state index is 14.2. The Labute approximate surface area is 248 Å². The first-order valence-electron chi connectivity index (χ1n) is 13.9. The van der Waals surface area contributed by atoms with Crippen LogP contribution in [-0.4, -0.2) is 46.9 Å². The molecule has 4 N–H and O–H groups in total. The molecule has 0 aliphatic carbocycles. The van der Waals surface area contributed by atoms with Crippen LogP contribution in [-0.2, 0) is 19.1 Å². The highest BCUT2D eigenvalue weighted by atomic mass is 35.5. The summed E-state index contributed by atoms with van der Waals surface area (Å²) in [5, 5.41) is 5.91. The second-order valence-electron chi connectivity index (χ2n) is 11.2. The van der Waals surface area contributed by atoms with Gasteiger partial charge in [-0.15, -0.1) is 0 Å². The Hall–Kier alpha value is -3.59. The number of nitrogens with one attached hydrogen (secondary N) is 2. The van der Waals surface area contributed by atoms with Crippen LogP contribution < -0.4 is 16.4 Å². The minimum atomic E-state index is -1.15. The van der Waals surface area contributed by atoms with Gasteiger partial charge in [0.1, 0.15) is 17.7 Å². The lowest BCUT2D eigenvalue weighted by atomic mass is 9.99. The van der Waals surface area contributed by atoms with Gasteiger partial charge in [0.2, 0.25) is 11.8 Å². The van der Waals surface area contributed by atoms with Crippen molar-refractivity contribution in [3.63, 3.8) is 0 Å². The molecule has 0 aliphatic rings. The fraction of sp³-hybridized carbons (Fsp3) is 0.484. The van der Waals surface area contributed by atoms with E-state index in [-0.39, 0.29) is 19.4 Å². The van der Waals surface area contributed by atoms with Crippen molar-refractivity contribution in [3.05, 3.63) is 64.2 Å². The molecule has 2 aromatic rings. The number of para-hydroxylation sites is 1. The Morgan fingerprint density at radius 2 is 1.68 bits per heavy atom. The molecule has 0 spiro atoms. The van der Waals surface area contributed by atoms with Gasteiger partial charge in [-0.25, -0.2) is 4.79 Å². The van der Waals surface area contributed by atoms with E-state index in [0.717, 1.165) is 24.0 Å². The second kappa shape index (κ2) is 15.4. The molecule has 0 heterocycles. The number of hydrogen-bond donors (Lipinski definition) is 3. The van der Waals surface area contributed by atoms with Crippen LogP contribution in [0.25, 0.3) is 0 Å². The molecule has 2 atom stereocenters. The number of unbranched alkanes of at least 4 members (excludes halogenated alkanes) is 2. The molecule has 2 unspecified atom stereocenters. The van der Waals surface area contributed by atoms with Crippen molar-refractivity contribution in [3.8, 4) is 0 Å². The number of amides is 4. The molecule has 0 aliphatic heterocycles. The predicted octanol–water partition coefficient (Wildman–Crippen LogP) is 5.81. The summed E-state index contributed by atoms with van der Waals surface area (Å²) in [5.74, 6) is -1.60. The van der Waals surface area contributed by atoms with E-state index in [1.54, 1.807) is 45.0 Å². The Morgan fingerprint density at radius 3 is 2.24 bits per heavy atom. The van der Waals surface area contributed by atoms with Crippen molar-refractivity contribution < 1.29 is 23.9 Å². The van der Waals surface area contributed by atoms with Gasteiger partial charge < -0.3 is 26.0 Å². The van der Waals surface area contributed by atoms with Gasteiger partial charge in [0, 0.05) is 13.0 Å². The van der Waals surface area contributed by atoms with Gasteiger partial charge in [-0.3, -0.25) is 14.4 Å². The van der Waals surface area contributed by atoms with Crippen molar-refractivity contribution in [2.24, 2.45) is 5.73 Å². The van der Waals surface area contributed by atoms with Crippen LogP contribution in [0, 0.1) is 13.8 Å². The molecule has 2 aromatic carbocycles. The SMILES string of the molecule is CCCCCN(C(=O)C(CCC(N)=O)NC(=O)OC(C)(C)C)C(C(=O)Nc1c(C)cccc1Cl)c1ccc(C)cc1. The lowest BCUT2D eigenvalue weighted by Crippen LogP contribution is -2.52. The standard InChI is InChI=1S/C31H43ClN4O5/c1-7-8-9-19-36(29(39)24(17-18-25(33)37)34-30(40)41-31(4,5)6)27(22-15-13-20(2)14-16-22)28(38)35-26-21(3)11-10-12-23(26)32/h10-16,24,27H,7-9,17-19H2,1-6H3,(H2,33,37)(H,34,40)(H,35,38). The van der Waals surface area contributed by atoms with Gasteiger partial charge in [0.05, 0.1) is 10.7 Å². The van der Waals surface area contributed by atoms with Gasteiger partial charge in [-0.05, 0) is 64.7 Å². The molecule has 41 heavy (non-hydrogen) atoms. The fourth-order valence-electron chi connectivity index (χ4n) is 4.30. The minimum Gasteiger partial charge on any atom is -0.444 e. The number of halogens is 1. The summed E-state index contributed by atoms with van der Waals surface area (Å²) >= 11 is 6.42. The molecule has 0 fully saturated rings. The quantitative estimate of drug-likeness (QED) is 0.255. The third-order valence-corrected chi connectivity index (χ3v) is 6.69. The third kappa shape index (κ3) is 10.7. The topological polar surface area (TPSA) is 131 Å². The summed E-state index contributed by atoms with van der Waals surface area (Å²) in [6, 6.07) is 10.4. The van der Waals surface area contributed by atoms with Gasteiger partial charge in [0.25, 0.3) is 5.91 Å². The van der Waals surface area contributed by atoms with E-state index in [4.69, 9.17) is 22.1 Å². The molecular formula is C31H43ClN4O5. The molecule has 9 nitrogen and oxygen atoms in total. The van der Waals surface area contributed by atoms with Crippen LogP contribution in [0.2, 0.25) is 5.02 Å². The minimum absolute atomic E-state index is 0.0520. The average Bonchev–Trinajstić information content (AvgIpc) is 2.87. The highest BCUT2D eigenvalue weighted by molar-refractivity contribution is 6.34. The maximum Gasteiger partial charge on any atom is 0.408 e. The van der Waals surface area contributed by atoms with Crippen LogP contribution in [0.4, 0.5) is 10.5 Å². The molecule has 10 heteroatoms. The van der Waals surface area contributed by atoms with Crippen LogP contribution in [0.1, 0.15) is 82.5 Å². The van der Waals surface area contributed by atoms with E-state index in [1.807, 2.05) is 39.0 Å². The lowest BCUT2D eigenvalue weighted by Gasteiger charge is -2.35. The molecule has 0 bridgehead atoms. The van der Waals surface area contributed by atoms with Gasteiger partial charge in [-0.1, -0.05) is 73.3 Å². The summed E-state index contributed by atoms with van der Waals surface area (Å²) in [4.78, 5) is 54.1. The predicted molar refractivity (Wildman–Crippen MR) is 162 cm³/mol. The van der Waals surface area contributed by atoms with E-state index >= 15 is 0 Å². The molecule has 4 amide bonds. The summed E-state index contributed by atoms with van der Waals surface area (Å²) in [6.07, 6.45) is 1.33. The maximum atomic E-state index is 14.2. The number of hydrogen-bond acceptors (Lipinski definition) is 5. The lowest BCUT2D eigenvalue weighted by molar-refractivity contribution is -0.141. The monoisotopic (exact) mass is 586 g/mol. The number of carbonyl (C=O) groups excluding carboxylic acids is 4. The number of nitrogens with two attached hydrogens (primary N) is 1. The summed E-state index contributed by atoms with van der Waals surface area (Å²) in [7, 11) is 0. The molecule has 0 saturated heterocycles. The molecule has 224 valence electrons. The first-order valence-corrected chi connectivity index (χ1v) is 14.3. The number of primary amides is 1. The zero-order chi connectivity index (χ0) is 30.7. The van der Waals surface area contributed by atoms with Crippen molar-refractivity contribution in [1.82, 2.24) is 10.2 Å². The number of rotatable bonds is 13. The highest BCUT2D eigenvalue weighted by Crippen LogP contribution is 2.30. The number of aryl methyl sites for hydroxylation is 2. The van der Waals surface area contributed by atoms with Crippen molar-refractivity contribution in [2.75, 3.05) is 11.9 Å². The summed E-state index contributed by atoms with van der Waals surface area (Å²) in [6.45, 7) is 11.2. The van der Waals surface area contributed by atoms with E-state index in [1.165, 1.54) is 4.90 Å². The van der Waals surface area contributed by atoms with Crippen LogP contribution >= 0.6 is 11.6 Å². The van der Waals surface area contributed by atoms with Crippen molar-refractivity contribution >= 4 is 41.1 Å². The Morgan fingerprint density at radius 1 is 1.02 bits per heavy atom. The van der Waals surface area contributed by atoms with Crippen LogP contribution in [0.5, 0.6) is 0 Å². The molecule has 2 rings (SSSR count). The van der Waals surface area contributed by atoms with Gasteiger partial charge >= 0.3 is 6.09 Å². The third-order valence-electron chi connectivity index (χ3n) is 6.38. The zero-order valence-corrected chi connectivity index (χ0v) is 25.6. The molecular weight excluding hydrogens is 544 g/mol. The van der Waals surface area contributed by atoms with Crippen LogP contribution in [0.3, 0.4) is 0 Å².